The molecule has 1 aromatic carbocycles. The SMILES string of the molecule is Cc1ccc(/C=N\NC(=S)Nc2ccccc2[N+](=O)[O-])o1. The fourth-order valence-electron chi connectivity index (χ4n) is 1.57. The maximum atomic E-state index is 10.9. The molecule has 2 N–H and O–H groups in total. The van der Waals surface area contributed by atoms with Gasteiger partial charge in [-0.25, -0.2) is 0 Å². The molecule has 0 unspecified atom stereocenters. The summed E-state index contributed by atoms with van der Waals surface area (Å²) in [6.07, 6.45) is 1.46. The molecular weight excluding hydrogens is 292 g/mol. The number of anilines is 1. The van der Waals surface area contributed by atoms with E-state index in [9.17, 15) is 10.1 Å². The van der Waals surface area contributed by atoms with E-state index in [1.807, 2.05) is 13.0 Å². The molecule has 0 aliphatic rings. The monoisotopic (exact) mass is 304 g/mol. The second kappa shape index (κ2) is 6.62. The van der Waals surface area contributed by atoms with Gasteiger partial charge in [0.25, 0.3) is 5.69 Å². The first-order valence-corrected chi connectivity index (χ1v) is 6.37. The molecular formula is C13H12N4O3S. The molecule has 0 aliphatic heterocycles. The van der Waals surface area contributed by atoms with Crippen molar-refractivity contribution in [3.8, 4) is 0 Å². The van der Waals surface area contributed by atoms with Gasteiger partial charge < -0.3 is 9.73 Å². The third kappa shape index (κ3) is 4.11. The Morgan fingerprint density at radius 3 is 2.81 bits per heavy atom. The van der Waals surface area contributed by atoms with Gasteiger partial charge in [-0.1, -0.05) is 12.1 Å². The lowest BCUT2D eigenvalue weighted by molar-refractivity contribution is -0.383. The van der Waals surface area contributed by atoms with Crippen LogP contribution < -0.4 is 10.7 Å². The van der Waals surface area contributed by atoms with Crippen LogP contribution in [0.1, 0.15) is 11.5 Å². The minimum Gasteiger partial charge on any atom is -0.460 e. The summed E-state index contributed by atoms with van der Waals surface area (Å²) < 4.78 is 5.29. The van der Waals surface area contributed by atoms with E-state index in [2.05, 4.69) is 15.8 Å². The van der Waals surface area contributed by atoms with Gasteiger partial charge in [-0.3, -0.25) is 15.5 Å². The number of nitro groups is 1. The number of rotatable bonds is 4. The molecule has 2 rings (SSSR count). The lowest BCUT2D eigenvalue weighted by Gasteiger charge is -2.06. The van der Waals surface area contributed by atoms with E-state index >= 15 is 0 Å². The summed E-state index contributed by atoms with van der Waals surface area (Å²) >= 11 is 5.01. The number of hydrogen-bond acceptors (Lipinski definition) is 5. The molecule has 0 saturated heterocycles. The van der Waals surface area contributed by atoms with Crippen LogP contribution in [0, 0.1) is 17.0 Å². The van der Waals surface area contributed by atoms with Crippen molar-refractivity contribution in [3.05, 3.63) is 58.0 Å². The number of para-hydroxylation sites is 2. The van der Waals surface area contributed by atoms with Crippen molar-refractivity contribution in [1.82, 2.24) is 5.43 Å². The van der Waals surface area contributed by atoms with Gasteiger partial charge in [0.15, 0.2) is 5.11 Å². The predicted molar refractivity (Wildman–Crippen MR) is 83.5 cm³/mol. The van der Waals surface area contributed by atoms with Gasteiger partial charge in [-0.15, -0.1) is 0 Å². The highest BCUT2D eigenvalue weighted by atomic mass is 32.1. The van der Waals surface area contributed by atoms with Crippen LogP contribution in [-0.4, -0.2) is 16.3 Å². The molecule has 1 aromatic heterocycles. The number of hydrazone groups is 1. The highest BCUT2D eigenvalue weighted by Gasteiger charge is 2.12. The molecule has 108 valence electrons. The largest absolute Gasteiger partial charge is 0.460 e. The number of nitrogens with zero attached hydrogens (tertiary/aromatic N) is 2. The number of hydrogen-bond donors (Lipinski definition) is 2. The molecule has 0 aliphatic carbocycles. The smallest absolute Gasteiger partial charge is 0.292 e. The number of nitrogens with one attached hydrogen (secondary N) is 2. The average Bonchev–Trinajstić information content (AvgIpc) is 2.85. The summed E-state index contributed by atoms with van der Waals surface area (Å²) in [5.41, 5.74) is 2.79. The van der Waals surface area contributed by atoms with Crippen LogP contribution >= 0.6 is 12.2 Å². The van der Waals surface area contributed by atoms with Crippen LogP contribution in [0.5, 0.6) is 0 Å². The van der Waals surface area contributed by atoms with E-state index in [0.717, 1.165) is 5.76 Å². The number of aryl methyl sites for hydroxylation is 1. The normalized spacial score (nSPS) is 10.5. The van der Waals surface area contributed by atoms with Gasteiger partial charge in [0.2, 0.25) is 0 Å². The average molecular weight is 304 g/mol. The van der Waals surface area contributed by atoms with Gasteiger partial charge in [0.1, 0.15) is 17.2 Å². The lowest BCUT2D eigenvalue weighted by atomic mass is 10.3. The van der Waals surface area contributed by atoms with Crippen molar-refractivity contribution in [1.29, 1.82) is 0 Å². The van der Waals surface area contributed by atoms with Crippen molar-refractivity contribution in [2.75, 3.05) is 5.32 Å². The zero-order chi connectivity index (χ0) is 15.2. The van der Waals surface area contributed by atoms with Crippen LogP contribution in [-0.2, 0) is 0 Å². The van der Waals surface area contributed by atoms with Gasteiger partial charge >= 0.3 is 0 Å². The maximum Gasteiger partial charge on any atom is 0.292 e. The Balaban J connectivity index is 1.96. The van der Waals surface area contributed by atoms with E-state index in [1.165, 1.54) is 12.3 Å². The molecule has 7 nitrogen and oxygen atoms in total. The minimum atomic E-state index is -0.486. The number of nitro benzene ring substituents is 1. The third-order valence-electron chi connectivity index (χ3n) is 2.47. The third-order valence-corrected chi connectivity index (χ3v) is 2.66. The van der Waals surface area contributed by atoms with Gasteiger partial charge in [-0.2, -0.15) is 5.10 Å². The number of thiocarbonyl (C=S) groups is 1. The Hall–Kier alpha value is -2.74. The quantitative estimate of drug-likeness (QED) is 0.390. The summed E-state index contributed by atoms with van der Waals surface area (Å²) in [6, 6.07) is 9.78. The molecule has 0 amide bonds. The van der Waals surface area contributed by atoms with Crippen molar-refractivity contribution in [2.45, 2.75) is 6.92 Å². The Bertz CT molecular complexity index is 696. The standard InChI is InChI=1S/C13H12N4O3S/c1-9-6-7-10(20-9)8-14-16-13(21)15-11-4-2-3-5-12(11)17(18)19/h2-8H,1H3,(H2,15,16,21)/b14-8-. The van der Waals surface area contributed by atoms with Crippen molar-refractivity contribution < 1.29 is 9.34 Å². The molecule has 21 heavy (non-hydrogen) atoms. The second-order valence-corrected chi connectivity index (χ2v) is 4.46. The summed E-state index contributed by atoms with van der Waals surface area (Å²) in [6.45, 7) is 1.82. The molecule has 0 spiro atoms. The molecule has 2 aromatic rings. The summed E-state index contributed by atoms with van der Waals surface area (Å²) in [7, 11) is 0. The minimum absolute atomic E-state index is 0.0627. The van der Waals surface area contributed by atoms with Gasteiger partial charge in [-0.05, 0) is 37.3 Å². The van der Waals surface area contributed by atoms with Crippen molar-refractivity contribution in [3.63, 3.8) is 0 Å². The van der Waals surface area contributed by atoms with Crippen LogP contribution in [0.15, 0.2) is 45.9 Å². The van der Waals surface area contributed by atoms with Crippen molar-refractivity contribution >= 4 is 34.9 Å². The predicted octanol–water partition coefficient (Wildman–Crippen LogP) is 2.82. The zero-order valence-corrected chi connectivity index (χ0v) is 11.9. The Morgan fingerprint density at radius 1 is 1.38 bits per heavy atom. The lowest BCUT2D eigenvalue weighted by Crippen LogP contribution is -2.24. The van der Waals surface area contributed by atoms with Gasteiger partial charge in [0.05, 0.1) is 11.1 Å². The van der Waals surface area contributed by atoms with E-state index in [4.69, 9.17) is 16.6 Å². The summed E-state index contributed by atoms with van der Waals surface area (Å²) in [4.78, 5) is 10.4. The zero-order valence-electron chi connectivity index (χ0n) is 11.1. The second-order valence-electron chi connectivity index (χ2n) is 4.05. The molecule has 0 fully saturated rings. The Kier molecular flexibility index (Phi) is 4.62. The topological polar surface area (TPSA) is 92.7 Å². The van der Waals surface area contributed by atoms with Crippen LogP contribution in [0.4, 0.5) is 11.4 Å². The van der Waals surface area contributed by atoms with E-state index in [0.29, 0.717) is 11.4 Å². The molecule has 0 radical (unpaired) electrons. The molecule has 0 saturated carbocycles. The first kappa shape index (κ1) is 14.7. The Morgan fingerprint density at radius 2 is 2.14 bits per heavy atom. The number of furan rings is 1. The highest BCUT2D eigenvalue weighted by molar-refractivity contribution is 7.80. The van der Waals surface area contributed by atoms with E-state index in [1.54, 1.807) is 24.3 Å². The number of benzene rings is 1. The first-order chi connectivity index (χ1) is 10.1. The van der Waals surface area contributed by atoms with Crippen molar-refractivity contribution in [2.24, 2.45) is 5.10 Å². The van der Waals surface area contributed by atoms with Crippen LogP contribution in [0.25, 0.3) is 0 Å². The maximum absolute atomic E-state index is 10.9. The van der Waals surface area contributed by atoms with Gasteiger partial charge in [0, 0.05) is 6.07 Å². The fraction of sp³-hybridized carbons (Fsp3) is 0.0769. The van der Waals surface area contributed by atoms with E-state index in [-0.39, 0.29) is 10.8 Å². The molecule has 8 heteroatoms. The van der Waals surface area contributed by atoms with Crippen LogP contribution in [0.3, 0.4) is 0 Å². The molecule has 1 heterocycles. The molecule has 0 bridgehead atoms. The molecule has 0 atom stereocenters. The Labute approximate surface area is 125 Å². The summed E-state index contributed by atoms with van der Waals surface area (Å²) in [5, 5.41) is 17.6. The summed E-state index contributed by atoms with van der Waals surface area (Å²) in [5.74, 6) is 1.35. The van der Waals surface area contributed by atoms with Crippen LogP contribution in [0.2, 0.25) is 0 Å². The van der Waals surface area contributed by atoms with E-state index < -0.39 is 4.92 Å². The first-order valence-electron chi connectivity index (χ1n) is 5.96. The highest BCUT2D eigenvalue weighted by Crippen LogP contribution is 2.22. The fourth-order valence-corrected chi connectivity index (χ4v) is 1.73.